The molecule has 0 aliphatic carbocycles. The molecular weight excluding hydrogens is 344 g/mol. The van der Waals surface area contributed by atoms with Crippen LogP contribution in [-0.4, -0.2) is 47.9 Å². The van der Waals surface area contributed by atoms with E-state index in [1.165, 1.54) is 26.4 Å². The molecule has 9 heteroatoms. The van der Waals surface area contributed by atoms with E-state index in [2.05, 4.69) is 5.32 Å². The van der Waals surface area contributed by atoms with Gasteiger partial charge in [-0.2, -0.15) is 0 Å². The van der Waals surface area contributed by atoms with Crippen LogP contribution in [0.5, 0.6) is 11.5 Å². The molecule has 0 spiro atoms. The average molecular weight is 365 g/mol. The van der Waals surface area contributed by atoms with Gasteiger partial charge in [0.1, 0.15) is 18.0 Å². The topological polar surface area (TPSA) is 84.9 Å². The Labute approximate surface area is 141 Å². The van der Waals surface area contributed by atoms with Gasteiger partial charge in [-0.15, -0.1) is 0 Å². The van der Waals surface area contributed by atoms with Gasteiger partial charge in [0.15, 0.2) is 0 Å². The number of sulfonamides is 1. The second kappa shape index (κ2) is 8.26. The molecular formula is C14H21ClN2O5S. The van der Waals surface area contributed by atoms with E-state index in [0.717, 1.165) is 17.0 Å². The fourth-order valence-corrected chi connectivity index (χ4v) is 2.95. The maximum atomic E-state index is 12.1. The third kappa shape index (κ3) is 5.18. The van der Waals surface area contributed by atoms with Gasteiger partial charge < -0.3 is 14.8 Å². The minimum Gasteiger partial charge on any atom is -0.495 e. The minimum absolute atomic E-state index is 0.183. The van der Waals surface area contributed by atoms with Crippen LogP contribution in [-0.2, 0) is 14.8 Å². The van der Waals surface area contributed by atoms with Gasteiger partial charge in [-0.25, -0.2) is 8.42 Å². The van der Waals surface area contributed by atoms with Crippen molar-refractivity contribution in [1.82, 2.24) is 5.32 Å². The van der Waals surface area contributed by atoms with Crippen molar-refractivity contribution in [2.45, 2.75) is 13.3 Å². The first-order valence-electron chi connectivity index (χ1n) is 6.90. The zero-order valence-corrected chi connectivity index (χ0v) is 15.1. The van der Waals surface area contributed by atoms with Gasteiger partial charge in [0, 0.05) is 18.7 Å². The summed E-state index contributed by atoms with van der Waals surface area (Å²) in [6.45, 7) is 2.01. The molecule has 23 heavy (non-hydrogen) atoms. The Kier molecular flexibility index (Phi) is 6.96. The molecule has 0 atom stereocenters. The zero-order chi connectivity index (χ0) is 17.6. The number of anilines is 1. The highest BCUT2D eigenvalue weighted by atomic mass is 35.5. The molecule has 7 nitrogen and oxygen atoms in total. The number of hydrogen-bond acceptors (Lipinski definition) is 5. The number of nitrogens with one attached hydrogen (secondary N) is 1. The van der Waals surface area contributed by atoms with Gasteiger partial charge in [-0.05, 0) is 6.42 Å². The van der Waals surface area contributed by atoms with Crippen LogP contribution in [0, 0.1) is 0 Å². The summed E-state index contributed by atoms with van der Waals surface area (Å²) in [6.07, 6.45) is 1.77. The van der Waals surface area contributed by atoms with Crippen molar-refractivity contribution in [2.24, 2.45) is 0 Å². The minimum atomic E-state index is -3.71. The predicted molar refractivity (Wildman–Crippen MR) is 90.0 cm³/mol. The molecule has 1 aromatic carbocycles. The summed E-state index contributed by atoms with van der Waals surface area (Å²) in [5.41, 5.74) is 0.183. The lowest BCUT2D eigenvalue weighted by atomic mass is 10.2. The number of nitrogens with zero attached hydrogens (tertiary/aromatic N) is 1. The van der Waals surface area contributed by atoms with Crippen LogP contribution in [0.3, 0.4) is 0 Å². The summed E-state index contributed by atoms with van der Waals surface area (Å²) >= 11 is 6.02. The number of halogens is 1. The first kappa shape index (κ1) is 19.4. The van der Waals surface area contributed by atoms with Crippen LogP contribution < -0.4 is 19.1 Å². The van der Waals surface area contributed by atoms with Crippen molar-refractivity contribution in [2.75, 3.05) is 37.9 Å². The number of rotatable bonds is 8. The van der Waals surface area contributed by atoms with E-state index < -0.39 is 15.9 Å². The largest absolute Gasteiger partial charge is 0.495 e. The van der Waals surface area contributed by atoms with E-state index >= 15 is 0 Å². The van der Waals surface area contributed by atoms with Crippen molar-refractivity contribution in [1.29, 1.82) is 0 Å². The predicted octanol–water partition coefficient (Wildman–Crippen LogP) is 1.65. The molecule has 1 rings (SSSR count). The standard InChI is InChI=1S/C14H21ClN2O5S/c1-5-6-16-14(18)9-17(23(4,19)20)11-8-12(21-2)10(15)7-13(11)22-3/h7-8H,5-6,9H2,1-4H3,(H,16,18). The number of methoxy groups -OCH3 is 2. The number of benzene rings is 1. The van der Waals surface area contributed by atoms with Gasteiger partial charge in [0.2, 0.25) is 15.9 Å². The Bertz CT molecular complexity index is 663. The van der Waals surface area contributed by atoms with Crippen LogP contribution in [0.25, 0.3) is 0 Å². The van der Waals surface area contributed by atoms with Gasteiger partial charge in [-0.1, -0.05) is 18.5 Å². The first-order chi connectivity index (χ1) is 10.7. The first-order valence-corrected chi connectivity index (χ1v) is 9.13. The summed E-state index contributed by atoms with van der Waals surface area (Å²) in [5.74, 6) is 0.0999. The number of hydrogen-bond donors (Lipinski definition) is 1. The average Bonchev–Trinajstić information content (AvgIpc) is 2.49. The number of carbonyl (C=O) groups is 1. The fraction of sp³-hybridized carbons (Fsp3) is 0.500. The molecule has 130 valence electrons. The Balaban J connectivity index is 3.30. The summed E-state index contributed by atoms with van der Waals surface area (Å²) in [4.78, 5) is 11.9. The SMILES string of the molecule is CCCNC(=O)CN(c1cc(OC)c(Cl)cc1OC)S(C)(=O)=O. The second-order valence-corrected chi connectivity index (χ2v) is 7.09. The van der Waals surface area contributed by atoms with Crippen LogP contribution in [0.15, 0.2) is 12.1 Å². The highest BCUT2D eigenvalue weighted by Crippen LogP contribution is 2.38. The van der Waals surface area contributed by atoms with Crippen LogP contribution in [0.4, 0.5) is 5.69 Å². The van der Waals surface area contributed by atoms with E-state index in [9.17, 15) is 13.2 Å². The van der Waals surface area contributed by atoms with Crippen molar-refractivity contribution in [3.05, 3.63) is 17.2 Å². The molecule has 0 aliphatic heterocycles. The number of carbonyl (C=O) groups excluding carboxylic acids is 1. The maximum Gasteiger partial charge on any atom is 0.240 e. The molecule has 1 aromatic rings. The molecule has 1 amide bonds. The lowest BCUT2D eigenvalue weighted by molar-refractivity contribution is -0.119. The van der Waals surface area contributed by atoms with Crippen LogP contribution in [0.2, 0.25) is 5.02 Å². The maximum absolute atomic E-state index is 12.1. The Morgan fingerprint density at radius 1 is 1.26 bits per heavy atom. The fourth-order valence-electron chi connectivity index (χ4n) is 1.87. The van der Waals surface area contributed by atoms with Crippen molar-refractivity contribution in [3.8, 4) is 11.5 Å². The van der Waals surface area contributed by atoms with Crippen LogP contribution in [0.1, 0.15) is 13.3 Å². The van der Waals surface area contributed by atoms with Gasteiger partial charge in [0.05, 0.1) is 31.2 Å². The lowest BCUT2D eigenvalue weighted by Crippen LogP contribution is -2.40. The third-order valence-electron chi connectivity index (χ3n) is 2.98. The molecule has 0 saturated carbocycles. The molecule has 0 aliphatic rings. The van der Waals surface area contributed by atoms with Crippen LogP contribution >= 0.6 is 11.6 Å². The quantitative estimate of drug-likeness (QED) is 0.758. The van der Waals surface area contributed by atoms with E-state index in [1.54, 1.807) is 0 Å². The smallest absolute Gasteiger partial charge is 0.240 e. The Morgan fingerprint density at radius 2 is 1.87 bits per heavy atom. The summed E-state index contributed by atoms with van der Waals surface area (Å²) in [5, 5.41) is 2.91. The monoisotopic (exact) mass is 364 g/mol. The lowest BCUT2D eigenvalue weighted by Gasteiger charge is -2.24. The highest BCUT2D eigenvalue weighted by molar-refractivity contribution is 7.92. The summed E-state index contributed by atoms with van der Waals surface area (Å²) in [6, 6.07) is 2.87. The summed E-state index contributed by atoms with van der Waals surface area (Å²) in [7, 11) is -0.914. The molecule has 1 N–H and O–H groups in total. The highest BCUT2D eigenvalue weighted by Gasteiger charge is 2.25. The zero-order valence-electron chi connectivity index (χ0n) is 13.6. The molecule has 0 bridgehead atoms. The van der Waals surface area contributed by atoms with E-state index in [-0.39, 0.29) is 28.8 Å². The molecule has 0 fully saturated rings. The molecule has 0 saturated heterocycles. The normalized spacial score (nSPS) is 11.0. The van der Waals surface area contributed by atoms with Crippen molar-refractivity contribution in [3.63, 3.8) is 0 Å². The third-order valence-corrected chi connectivity index (χ3v) is 4.40. The molecule has 0 unspecified atom stereocenters. The van der Waals surface area contributed by atoms with Crippen molar-refractivity contribution < 1.29 is 22.7 Å². The van der Waals surface area contributed by atoms with Gasteiger partial charge in [0.25, 0.3) is 0 Å². The van der Waals surface area contributed by atoms with E-state index in [0.29, 0.717) is 6.54 Å². The number of ether oxygens (including phenoxy) is 2. The van der Waals surface area contributed by atoms with E-state index in [4.69, 9.17) is 21.1 Å². The molecule has 0 aromatic heterocycles. The van der Waals surface area contributed by atoms with Gasteiger partial charge in [-0.3, -0.25) is 9.10 Å². The molecule has 0 radical (unpaired) electrons. The Morgan fingerprint density at radius 3 is 2.35 bits per heavy atom. The van der Waals surface area contributed by atoms with Gasteiger partial charge >= 0.3 is 0 Å². The van der Waals surface area contributed by atoms with Crippen molar-refractivity contribution >= 4 is 33.2 Å². The van der Waals surface area contributed by atoms with E-state index in [1.807, 2.05) is 6.92 Å². The summed E-state index contributed by atoms with van der Waals surface area (Å²) < 4.78 is 35.5. The Hall–Kier alpha value is -1.67. The molecule has 0 heterocycles. The second-order valence-electron chi connectivity index (χ2n) is 4.78. The number of amides is 1.